The van der Waals surface area contributed by atoms with E-state index in [2.05, 4.69) is 19.2 Å². The lowest BCUT2D eigenvalue weighted by molar-refractivity contribution is -0.384. The van der Waals surface area contributed by atoms with Crippen LogP contribution in [0, 0.1) is 10.1 Å². The minimum absolute atomic E-state index is 0.0396. The van der Waals surface area contributed by atoms with Crippen molar-refractivity contribution in [3.63, 3.8) is 0 Å². The quantitative estimate of drug-likeness (QED) is 0.610. The van der Waals surface area contributed by atoms with E-state index in [4.69, 9.17) is 4.74 Å². The standard InChI is InChI=1S/C12H18N2O3/c1-4-9(5-2)13-10-6-11(14(15)16)8-12(7-10)17-3/h6-9,13H,4-5H2,1-3H3. The van der Waals surface area contributed by atoms with Crippen molar-refractivity contribution in [2.75, 3.05) is 12.4 Å². The third-order valence-electron chi connectivity index (χ3n) is 2.69. The molecule has 0 radical (unpaired) electrons. The Labute approximate surface area is 101 Å². The number of anilines is 1. The van der Waals surface area contributed by atoms with Gasteiger partial charge < -0.3 is 10.1 Å². The topological polar surface area (TPSA) is 64.4 Å². The fraction of sp³-hybridized carbons (Fsp3) is 0.500. The van der Waals surface area contributed by atoms with Crippen molar-refractivity contribution in [3.8, 4) is 5.75 Å². The van der Waals surface area contributed by atoms with E-state index >= 15 is 0 Å². The lowest BCUT2D eigenvalue weighted by Crippen LogP contribution is -2.17. The molecular formula is C12H18N2O3. The average molecular weight is 238 g/mol. The summed E-state index contributed by atoms with van der Waals surface area (Å²) in [4.78, 5) is 10.4. The van der Waals surface area contributed by atoms with Crippen molar-refractivity contribution in [1.29, 1.82) is 0 Å². The maximum atomic E-state index is 10.8. The Morgan fingerprint density at radius 2 is 2.00 bits per heavy atom. The first-order chi connectivity index (χ1) is 8.10. The number of nitrogens with zero attached hydrogens (tertiary/aromatic N) is 1. The highest BCUT2D eigenvalue weighted by Gasteiger charge is 2.11. The molecule has 0 unspecified atom stereocenters. The molecule has 5 heteroatoms. The van der Waals surface area contributed by atoms with Gasteiger partial charge in [-0.3, -0.25) is 10.1 Å². The molecule has 0 amide bonds. The number of hydrogen-bond donors (Lipinski definition) is 1. The maximum absolute atomic E-state index is 10.8. The van der Waals surface area contributed by atoms with Crippen molar-refractivity contribution in [1.82, 2.24) is 0 Å². The number of ether oxygens (including phenoxy) is 1. The molecule has 0 aromatic heterocycles. The van der Waals surface area contributed by atoms with E-state index in [1.807, 2.05) is 0 Å². The summed E-state index contributed by atoms with van der Waals surface area (Å²) in [5, 5.41) is 14.0. The zero-order valence-electron chi connectivity index (χ0n) is 10.4. The summed E-state index contributed by atoms with van der Waals surface area (Å²) in [7, 11) is 1.50. The molecule has 1 aromatic carbocycles. The minimum atomic E-state index is -0.416. The van der Waals surface area contributed by atoms with Crippen molar-refractivity contribution in [2.45, 2.75) is 32.7 Å². The molecule has 0 bridgehead atoms. The molecule has 0 aliphatic rings. The zero-order chi connectivity index (χ0) is 12.8. The molecule has 94 valence electrons. The maximum Gasteiger partial charge on any atom is 0.275 e. The highest BCUT2D eigenvalue weighted by Crippen LogP contribution is 2.26. The van der Waals surface area contributed by atoms with Crippen LogP contribution in [0.15, 0.2) is 18.2 Å². The second kappa shape index (κ2) is 6.08. The molecule has 0 aliphatic carbocycles. The van der Waals surface area contributed by atoms with Gasteiger partial charge in [0.15, 0.2) is 0 Å². The Morgan fingerprint density at radius 1 is 1.35 bits per heavy atom. The molecule has 1 N–H and O–H groups in total. The van der Waals surface area contributed by atoms with E-state index in [1.165, 1.54) is 19.2 Å². The van der Waals surface area contributed by atoms with Crippen LogP contribution in [0.3, 0.4) is 0 Å². The van der Waals surface area contributed by atoms with Crippen molar-refractivity contribution in [2.24, 2.45) is 0 Å². The Bertz CT molecular complexity index is 389. The fourth-order valence-electron chi connectivity index (χ4n) is 1.62. The summed E-state index contributed by atoms with van der Waals surface area (Å²) in [6.45, 7) is 4.16. The van der Waals surface area contributed by atoms with Crippen LogP contribution in [-0.4, -0.2) is 18.1 Å². The smallest absolute Gasteiger partial charge is 0.275 e. The van der Waals surface area contributed by atoms with E-state index in [0.29, 0.717) is 11.8 Å². The monoisotopic (exact) mass is 238 g/mol. The van der Waals surface area contributed by atoms with Gasteiger partial charge >= 0.3 is 0 Å². The Morgan fingerprint density at radius 3 is 2.47 bits per heavy atom. The number of nitro benzene ring substituents is 1. The van der Waals surface area contributed by atoms with Crippen LogP contribution in [0.4, 0.5) is 11.4 Å². The summed E-state index contributed by atoms with van der Waals surface area (Å²) in [5.74, 6) is 0.493. The van der Waals surface area contributed by atoms with E-state index in [0.717, 1.165) is 18.5 Å². The van der Waals surface area contributed by atoms with Crippen LogP contribution >= 0.6 is 0 Å². The first-order valence-corrected chi connectivity index (χ1v) is 5.70. The summed E-state index contributed by atoms with van der Waals surface area (Å²) in [5.41, 5.74) is 0.766. The second-order valence-corrected chi connectivity index (χ2v) is 3.83. The number of benzene rings is 1. The van der Waals surface area contributed by atoms with Crippen LogP contribution in [-0.2, 0) is 0 Å². The summed E-state index contributed by atoms with van der Waals surface area (Å²) < 4.78 is 5.05. The molecular weight excluding hydrogens is 220 g/mol. The van der Waals surface area contributed by atoms with E-state index < -0.39 is 4.92 Å². The van der Waals surface area contributed by atoms with Gasteiger partial charge in [-0.2, -0.15) is 0 Å². The molecule has 0 fully saturated rings. The lowest BCUT2D eigenvalue weighted by atomic mass is 10.1. The number of non-ortho nitro benzene ring substituents is 1. The van der Waals surface area contributed by atoms with Gasteiger partial charge in [0.1, 0.15) is 5.75 Å². The first-order valence-electron chi connectivity index (χ1n) is 5.70. The van der Waals surface area contributed by atoms with Gasteiger partial charge in [0.2, 0.25) is 0 Å². The van der Waals surface area contributed by atoms with Crippen molar-refractivity contribution < 1.29 is 9.66 Å². The largest absolute Gasteiger partial charge is 0.496 e. The van der Waals surface area contributed by atoms with Crippen molar-refractivity contribution >= 4 is 11.4 Å². The van der Waals surface area contributed by atoms with Gasteiger partial charge in [-0.25, -0.2) is 0 Å². The predicted molar refractivity (Wildman–Crippen MR) is 67.6 cm³/mol. The molecule has 0 heterocycles. The fourth-order valence-corrected chi connectivity index (χ4v) is 1.62. The predicted octanol–water partition coefficient (Wildman–Crippen LogP) is 3.20. The third-order valence-corrected chi connectivity index (χ3v) is 2.69. The number of methoxy groups -OCH3 is 1. The van der Waals surface area contributed by atoms with E-state index in [-0.39, 0.29) is 5.69 Å². The van der Waals surface area contributed by atoms with Gasteiger partial charge in [0.05, 0.1) is 18.1 Å². The van der Waals surface area contributed by atoms with Crippen LogP contribution < -0.4 is 10.1 Å². The second-order valence-electron chi connectivity index (χ2n) is 3.83. The first kappa shape index (κ1) is 13.3. The molecule has 0 aliphatic heterocycles. The molecule has 0 saturated heterocycles. The highest BCUT2D eigenvalue weighted by atomic mass is 16.6. The van der Waals surface area contributed by atoms with E-state index in [9.17, 15) is 10.1 Å². The van der Waals surface area contributed by atoms with Crippen molar-refractivity contribution in [3.05, 3.63) is 28.3 Å². The SMILES string of the molecule is CCC(CC)Nc1cc(OC)cc([N+](=O)[O-])c1. The lowest BCUT2D eigenvalue weighted by Gasteiger charge is -2.16. The summed E-state index contributed by atoms with van der Waals surface area (Å²) in [6, 6.07) is 5.03. The number of hydrogen-bond acceptors (Lipinski definition) is 4. The molecule has 5 nitrogen and oxygen atoms in total. The Hall–Kier alpha value is -1.78. The van der Waals surface area contributed by atoms with E-state index in [1.54, 1.807) is 6.07 Å². The molecule has 1 rings (SSSR count). The van der Waals surface area contributed by atoms with Gasteiger partial charge in [0, 0.05) is 23.9 Å². The van der Waals surface area contributed by atoms with Gasteiger partial charge in [-0.05, 0) is 12.8 Å². The van der Waals surface area contributed by atoms with Gasteiger partial charge in [-0.15, -0.1) is 0 Å². The molecule has 0 spiro atoms. The Balaban J connectivity index is 2.98. The molecule has 0 saturated carbocycles. The minimum Gasteiger partial charge on any atom is -0.496 e. The van der Waals surface area contributed by atoms with Crippen LogP contribution in [0.5, 0.6) is 5.75 Å². The zero-order valence-corrected chi connectivity index (χ0v) is 10.4. The van der Waals surface area contributed by atoms with Gasteiger partial charge in [0.25, 0.3) is 5.69 Å². The number of nitro groups is 1. The van der Waals surface area contributed by atoms with Crippen LogP contribution in [0.25, 0.3) is 0 Å². The average Bonchev–Trinajstić information content (AvgIpc) is 2.35. The summed E-state index contributed by atoms with van der Waals surface area (Å²) >= 11 is 0. The molecule has 0 atom stereocenters. The number of rotatable bonds is 6. The van der Waals surface area contributed by atoms with Crippen LogP contribution in [0.2, 0.25) is 0 Å². The summed E-state index contributed by atoms with van der Waals surface area (Å²) in [6.07, 6.45) is 1.95. The third kappa shape index (κ3) is 3.62. The number of nitrogens with one attached hydrogen (secondary N) is 1. The van der Waals surface area contributed by atoms with Crippen LogP contribution in [0.1, 0.15) is 26.7 Å². The normalized spacial score (nSPS) is 10.4. The molecule has 17 heavy (non-hydrogen) atoms. The van der Waals surface area contributed by atoms with Gasteiger partial charge in [-0.1, -0.05) is 13.8 Å². The highest BCUT2D eigenvalue weighted by molar-refractivity contribution is 5.56. The molecule has 1 aromatic rings. The Kier molecular flexibility index (Phi) is 4.75.